The van der Waals surface area contributed by atoms with Gasteiger partial charge in [-0.2, -0.15) is 4.31 Å². The number of nitrogens with two attached hydrogens (primary N) is 1. The molecule has 0 aliphatic carbocycles. The molecule has 0 aliphatic heterocycles. The molecule has 0 aromatic carbocycles. The summed E-state index contributed by atoms with van der Waals surface area (Å²) >= 11 is 0. The fraction of sp³-hybridized carbons (Fsp3) is 0.444. The fourth-order valence-corrected chi connectivity index (χ4v) is 2.61. The van der Waals surface area contributed by atoms with Crippen molar-refractivity contribution in [3.63, 3.8) is 0 Å². The molecule has 6 nitrogen and oxygen atoms in total. The Labute approximate surface area is 95.5 Å². The molecule has 0 bridgehead atoms. The van der Waals surface area contributed by atoms with Crippen LogP contribution in [-0.4, -0.2) is 30.8 Å². The molecule has 1 heterocycles. The average molecular weight is 244 g/mol. The van der Waals surface area contributed by atoms with Gasteiger partial charge in [-0.25, -0.2) is 19.2 Å². The molecule has 0 unspecified atom stereocenters. The van der Waals surface area contributed by atoms with E-state index in [2.05, 4.69) is 10.4 Å². The topological polar surface area (TPSA) is 88.3 Å². The van der Waals surface area contributed by atoms with Gasteiger partial charge in [0.15, 0.2) is 5.82 Å². The molecule has 90 valence electrons. The van der Waals surface area contributed by atoms with Crippen LogP contribution < -0.4 is 11.3 Å². The van der Waals surface area contributed by atoms with E-state index in [-0.39, 0.29) is 16.8 Å². The zero-order valence-electron chi connectivity index (χ0n) is 9.51. The Morgan fingerprint density at radius 2 is 2.12 bits per heavy atom. The lowest BCUT2D eigenvalue weighted by molar-refractivity contribution is 0.410. The van der Waals surface area contributed by atoms with Gasteiger partial charge in [0, 0.05) is 19.3 Å². The fourth-order valence-electron chi connectivity index (χ4n) is 1.14. The Bertz CT molecular complexity index is 458. The number of nitrogen functional groups attached to an aromatic ring is 1. The van der Waals surface area contributed by atoms with Crippen molar-refractivity contribution in [2.45, 2.75) is 24.8 Å². The van der Waals surface area contributed by atoms with Gasteiger partial charge >= 0.3 is 0 Å². The lowest BCUT2D eigenvalue weighted by Crippen LogP contribution is -2.33. The molecule has 0 spiro atoms. The minimum absolute atomic E-state index is 0.0775. The van der Waals surface area contributed by atoms with Crippen molar-refractivity contribution in [3.05, 3.63) is 18.3 Å². The highest BCUT2D eigenvalue weighted by molar-refractivity contribution is 7.89. The predicted octanol–water partition coefficient (Wildman–Crippen LogP) is 0.396. The van der Waals surface area contributed by atoms with E-state index in [1.54, 1.807) is 19.9 Å². The maximum Gasteiger partial charge on any atom is 0.246 e. The van der Waals surface area contributed by atoms with Gasteiger partial charge < -0.3 is 5.43 Å². The summed E-state index contributed by atoms with van der Waals surface area (Å²) in [6.07, 6.45) is 1.48. The number of sulfonamides is 1. The van der Waals surface area contributed by atoms with Crippen LogP contribution in [0.1, 0.15) is 13.8 Å². The van der Waals surface area contributed by atoms with E-state index in [4.69, 9.17) is 5.84 Å². The van der Waals surface area contributed by atoms with Gasteiger partial charge in [-0.15, -0.1) is 0 Å². The van der Waals surface area contributed by atoms with Gasteiger partial charge in [0.25, 0.3) is 0 Å². The molecule has 1 aromatic heterocycles. The molecular formula is C9H16N4O2S. The van der Waals surface area contributed by atoms with Gasteiger partial charge in [-0.1, -0.05) is 0 Å². The van der Waals surface area contributed by atoms with E-state index >= 15 is 0 Å². The van der Waals surface area contributed by atoms with Crippen molar-refractivity contribution in [3.8, 4) is 0 Å². The number of nitrogens with one attached hydrogen (secondary N) is 1. The third kappa shape index (κ3) is 2.31. The van der Waals surface area contributed by atoms with Crippen LogP contribution in [0, 0.1) is 0 Å². The number of nitrogens with zero attached hydrogens (tertiary/aromatic N) is 2. The molecule has 0 aliphatic rings. The van der Waals surface area contributed by atoms with Crippen molar-refractivity contribution in [1.29, 1.82) is 0 Å². The minimum Gasteiger partial charge on any atom is -0.307 e. The zero-order valence-corrected chi connectivity index (χ0v) is 10.3. The van der Waals surface area contributed by atoms with Crippen molar-refractivity contribution < 1.29 is 8.42 Å². The second-order valence-electron chi connectivity index (χ2n) is 3.61. The van der Waals surface area contributed by atoms with Gasteiger partial charge in [0.05, 0.1) is 0 Å². The van der Waals surface area contributed by atoms with Crippen LogP contribution in [0.25, 0.3) is 0 Å². The number of rotatable bonds is 4. The SMILES string of the molecule is CC(C)N(C)S(=O)(=O)c1cccnc1NN. The molecule has 0 saturated carbocycles. The highest BCUT2D eigenvalue weighted by Gasteiger charge is 2.26. The summed E-state index contributed by atoms with van der Waals surface area (Å²) in [5.74, 6) is 5.38. The summed E-state index contributed by atoms with van der Waals surface area (Å²) in [5.41, 5.74) is 2.28. The van der Waals surface area contributed by atoms with E-state index in [1.165, 1.54) is 23.6 Å². The van der Waals surface area contributed by atoms with Crippen LogP contribution in [0.15, 0.2) is 23.2 Å². The molecule has 1 aromatic rings. The first-order valence-corrected chi connectivity index (χ1v) is 6.25. The van der Waals surface area contributed by atoms with Gasteiger partial charge in [-0.3, -0.25) is 0 Å². The Kier molecular flexibility index (Phi) is 3.84. The smallest absolute Gasteiger partial charge is 0.246 e. The molecule has 0 atom stereocenters. The first-order valence-electron chi connectivity index (χ1n) is 4.81. The molecule has 7 heteroatoms. The van der Waals surface area contributed by atoms with Crippen molar-refractivity contribution in [2.24, 2.45) is 5.84 Å². The Morgan fingerprint density at radius 3 is 2.62 bits per heavy atom. The Balaban J connectivity index is 3.27. The number of pyridine rings is 1. The van der Waals surface area contributed by atoms with Crippen molar-refractivity contribution in [2.75, 3.05) is 12.5 Å². The standard InChI is InChI=1S/C9H16N4O2S/c1-7(2)13(3)16(14,15)8-5-4-6-11-9(8)12-10/h4-7H,10H2,1-3H3,(H,11,12). The molecule has 0 radical (unpaired) electrons. The average Bonchev–Trinajstić information content (AvgIpc) is 2.27. The monoisotopic (exact) mass is 244 g/mol. The highest BCUT2D eigenvalue weighted by Crippen LogP contribution is 2.21. The van der Waals surface area contributed by atoms with E-state index in [9.17, 15) is 8.42 Å². The summed E-state index contributed by atoms with van der Waals surface area (Å²) in [4.78, 5) is 3.94. The normalized spacial score (nSPS) is 12.1. The maximum absolute atomic E-state index is 12.1. The third-order valence-corrected chi connectivity index (χ3v) is 4.36. The van der Waals surface area contributed by atoms with Crippen LogP contribution in [0.5, 0.6) is 0 Å². The number of hydrogen-bond donors (Lipinski definition) is 2. The van der Waals surface area contributed by atoms with Gasteiger partial charge in [-0.05, 0) is 26.0 Å². The molecule has 0 saturated heterocycles. The molecule has 0 fully saturated rings. The lowest BCUT2D eigenvalue weighted by atomic mass is 10.4. The molecule has 1 rings (SSSR count). The Morgan fingerprint density at radius 1 is 1.50 bits per heavy atom. The second-order valence-corrected chi connectivity index (χ2v) is 5.58. The molecular weight excluding hydrogens is 228 g/mol. The number of aromatic nitrogens is 1. The third-order valence-electron chi connectivity index (χ3n) is 2.29. The minimum atomic E-state index is -3.55. The molecule has 0 amide bonds. The summed E-state index contributed by atoms with van der Waals surface area (Å²) < 4.78 is 25.6. The molecule has 16 heavy (non-hydrogen) atoms. The summed E-state index contributed by atoms with van der Waals surface area (Å²) in [6, 6.07) is 2.90. The number of hydrazine groups is 1. The van der Waals surface area contributed by atoms with Crippen molar-refractivity contribution >= 4 is 15.8 Å². The predicted molar refractivity (Wildman–Crippen MR) is 62.1 cm³/mol. The number of anilines is 1. The Hall–Kier alpha value is -1.18. The largest absolute Gasteiger partial charge is 0.307 e. The van der Waals surface area contributed by atoms with E-state index in [0.717, 1.165) is 0 Å². The van der Waals surface area contributed by atoms with E-state index in [0.29, 0.717) is 0 Å². The van der Waals surface area contributed by atoms with Gasteiger partial charge in [0.2, 0.25) is 10.0 Å². The first kappa shape index (κ1) is 12.9. The zero-order chi connectivity index (χ0) is 12.3. The van der Waals surface area contributed by atoms with Crippen LogP contribution in [-0.2, 0) is 10.0 Å². The lowest BCUT2D eigenvalue weighted by Gasteiger charge is -2.21. The number of hydrogen-bond acceptors (Lipinski definition) is 5. The summed E-state index contributed by atoms with van der Waals surface area (Å²) in [5, 5.41) is 0. The molecule has 3 N–H and O–H groups in total. The maximum atomic E-state index is 12.1. The van der Waals surface area contributed by atoms with E-state index in [1.807, 2.05) is 0 Å². The van der Waals surface area contributed by atoms with Crippen LogP contribution in [0.4, 0.5) is 5.82 Å². The van der Waals surface area contributed by atoms with Crippen LogP contribution in [0.3, 0.4) is 0 Å². The summed E-state index contributed by atoms with van der Waals surface area (Å²) in [6.45, 7) is 3.59. The highest BCUT2D eigenvalue weighted by atomic mass is 32.2. The second kappa shape index (κ2) is 4.77. The quantitative estimate of drug-likeness (QED) is 0.591. The van der Waals surface area contributed by atoms with Crippen LogP contribution >= 0.6 is 0 Å². The van der Waals surface area contributed by atoms with E-state index < -0.39 is 10.0 Å². The van der Waals surface area contributed by atoms with Gasteiger partial charge in [0.1, 0.15) is 4.90 Å². The first-order chi connectivity index (χ1) is 7.41. The van der Waals surface area contributed by atoms with Crippen molar-refractivity contribution in [1.82, 2.24) is 9.29 Å². The summed E-state index contributed by atoms with van der Waals surface area (Å²) in [7, 11) is -2.03. The van der Waals surface area contributed by atoms with Crippen LogP contribution in [0.2, 0.25) is 0 Å².